The van der Waals surface area contributed by atoms with E-state index < -0.39 is 12.0 Å². The Balaban J connectivity index is 2.31. The van der Waals surface area contributed by atoms with Crippen LogP contribution in [0.5, 0.6) is 0 Å². The van der Waals surface area contributed by atoms with Gasteiger partial charge >= 0.3 is 5.97 Å². The number of nitrogens with one attached hydrogen (secondary N) is 2. The van der Waals surface area contributed by atoms with Crippen LogP contribution in [0.3, 0.4) is 0 Å². The van der Waals surface area contributed by atoms with Crippen LogP contribution in [0.1, 0.15) is 11.6 Å². The summed E-state index contributed by atoms with van der Waals surface area (Å²) >= 11 is 0. The van der Waals surface area contributed by atoms with E-state index in [1.165, 1.54) is 0 Å². The standard InChI is InChI=1S/C12H11N3O2/c13-5-11(15-7-12(16)17)9-6-14-10-4-2-1-3-8(9)10/h1-4,6,11,14-15H,7H2,(H,16,17). The fourth-order valence-electron chi connectivity index (χ4n) is 1.75. The molecule has 5 nitrogen and oxygen atoms in total. The van der Waals surface area contributed by atoms with Gasteiger partial charge in [-0.25, -0.2) is 0 Å². The molecule has 0 fully saturated rings. The maximum Gasteiger partial charge on any atom is 0.317 e. The van der Waals surface area contributed by atoms with Crippen molar-refractivity contribution in [2.45, 2.75) is 6.04 Å². The second kappa shape index (κ2) is 4.68. The molecule has 3 N–H and O–H groups in total. The smallest absolute Gasteiger partial charge is 0.317 e. The predicted octanol–water partition coefficient (Wildman–Crippen LogP) is 1.41. The summed E-state index contributed by atoms with van der Waals surface area (Å²) in [4.78, 5) is 13.5. The molecule has 0 spiro atoms. The van der Waals surface area contributed by atoms with Crippen LogP contribution < -0.4 is 5.32 Å². The number of nitriles is 1. The third-order valence-corrected chi connectivity index (χ3v) is 2.52. The highest BCUT2D eigenvalue weighted by Gasteiger charge is 2.15. The van der Waals surface area contributed by atoms with Gasteiger partial charge in [0.05, 0.1) is 12.6 Å². The van der Waals surface area contributed by atoms with E-state index >= 15 is 0 Å². The minimum absolute atomic E-state index is 0.238. The molecular weight excluding hydrogens is 218 g/mol. The zero-order chi connectivity index (χ0) is 12.3. The maximum absolute atomic E-state index is 10.5. The third-order valence-electron chi connectivity index (χ3n) is 2.52. The summed E-state index contributed by atoms with van der Waals surface area (Å²) in [5.41, 5.74) is 1.70. The molecule has 0 saturated carbocycles. The minimum Gasteiger partial charge on any atom is -0.480 e. The number of para-hydroxylation sites is 1. The van der Waals surface area contributed by atoms with Crippen molar-refractivity contribution in [3.8, 4) is 6.07 Å². The minimum atomic E-state index is -0.981. The number of H-pyrrole nitrogens is 1. The van der Waals surface area contributed by atoms with Gasteiger partial charge in [-0.2, -0.15) is 5.26 Å². The second-order valence-corrected chi connectivity index (χ2v) is 3.63. The zero-order valence-corrected chi connectivity index (χ0v) is 8.97. The Kier molecular flexibility index (Phi) is 3.08. The first kappa shape index (κ1) is 11.2. The van der Waals surface area contributed by atoms with Crippen LogP contribution in [0.2, 0.25) is 0 Å². The van der Waals surface area contributed by atoms with E-state index in [2.05, 4.69) is 16.4 Å². The molecule has 1 atom stereocenters. The summed E-state index contributed by atoms with van der Waals surface area (Å²) in [7, 11) is 0. The number of fused-ring (bicyclic) bond motifs is 1. The van der Waals surface area contributed by atoms with E-state index in [4.69, 9.17) is 10.4 Å². The number of aromatic nitrogens is 1. The van der Waals surface area contributed by atoms with Crippen LogP contribution >= 0.6 is 0 Å². The van der Waals surface area contributed by atoms with Crippen molar-refractivity contribution in [1.29, 1.82) is 5.26 Å². The molecule has 1 heterocycles. The lowest BCUT2D eigenvalue weighted by atomic mass is 10.1. The number of carbonyl (C=O) groups is 1. The summed E-state index contributed by atoms with van der Waals surface area (Å²) in [5, 5.41) is 21.3. The van der Waals surface area contributed by atoms with Gasteiger partial charge < -0.3 is 10.1 Å². The van der Waals surface area contributed by atoms with Gasteiger partial charge in [0.15, 0.2) is 0 Å². The summed E-state index contributed by atoms with van der Waals surface area (Å²) in [6, 6.07) is 9.02. The Morgan fingerprint density at radius 1 is 1.53 bits per heavy atom. The number of nitrogens with zero attached hydrogens (tertiary/aromatic N) is 1. The van der Waals surface area contributed by atoms with E-state index in [0.717, 1.165) is 16.5 Å². The molecule has 17 heavy (non-hydrogen) atoms. The Hall–Kier alpha value is -2.32. The third kappa shape index (κ3) is 2.27. The van der Waals surface area contributed by atoms with Crippen molar-refractivity contribution < 1.29 is 9.90 Å². The van der Waals surface area contributed by atoms with Crippen molar-refractivity contribution in [1.82, 2.24) is 10.3 Å². The number of benzene rings is 1. The summed E-state index contributed by atoms with van der Waals surface area (Å²) in [5.74, 6) is -0.981. The number of carboxylic acid groups (broad SMARTS) is 1. The van der Waals surface area contributed by atoms with Crippen LogP contribution in [0.25, 0.3) is 10.9 Å². The van der Waals surface area contributed by atoms with Gasteiger partial charge in [-0.05, 0) is 6.07 Å². The lowest BCUT2D eigenvalue weighted by molar-refractivity contribution is -0.136. The van der Waals surface area contributed by atoms with E-state index in [1.807, 2.05) is 24.3 Å². The second-order valence-electron chi connectivity index (χ2n) is 3.63. The van der Waals surface area contributed by atoms with Gasteiger partial charge in [0, 0.05) is 22.7 Å². The SMILES string of the molecule is N#CC(NCC(=O)O)c1c[nH]c2ccccc12. The molecule has 0 aliphatic heterocycles. The van der Waals surface area contributed by atoms with E-state index in [1.54, 1.807) is 6.20 Å². The van der Waals surface area contributed by atoms with Crippen molar-refractivity contribution in [3.63, 3.8) is 0 Å². The number of rotatable bonds is 4. The zero-order valence-electron chi connectivity index (χ0n) is 8.97. The van der Waals surface area contributed by atoms with Crippen molar-refractivity contribution in [3.05, 3.63) is 36.0 Å². The molecule has 0 aliphatic rings. The van der Waals surface area contributed by atoms with Crippen molar-refractivity contribution >= 4 is 16.9 Å². The molecule has 1 unspecified atom stereocenters. The van der Waals surface area contributed by atoms with Gasteiger partial charge in [-0.3, -0.25) is 10.1 Å². The van der Waals surface area contributed by atoms with Gasteiger partial charge in [-0.15, -0.1) is 0 Å². The number of aromatic amines is 1. The molecule has 0 aliphatic carbocycles. The molecule has 0 saturated heterocycles. The van der Waals surface area contributed by atoms with Gasteiger partial charge in [0.25, 0.3) is 0 Å². The fraction of sp³-hybridized carbons (Fsp3) is 0.167. The number of carboxylic acids is 1. The van der Waals surface area contributed by atoms with E-state index in [0.29, 0.717) is 0 Å². The first-order valence-electron chi connectivity index (χ1n) is 5.13. The Morgan fingerprint density at radius 3 is 3.00 bits per heavy atom. The number of hydrogen-bond acceptors (Lipinski definition) is 3. The van der Waals surface area contributed by atoms with Gasteiger partial charge in [-0.1, -0.05) is 18.2 Å². The summed E-state index contributed by atoms with van der Waals surface area (Å²) in [6.45, 7) is -0.238. The van der Waals surface area contributed by atoms with Crippen LogP contribution in [0.15, 0.2) is 30.5 Å². The highest BCUT2D eigenvalue weighted by molar-refractivity contribution is 5.84. The van der Waals surface area contributed by atoms with Crippen LogP contribution in [-0.4, -0.2) is 22.6 Å². The first-order valence-corrected chi connectivity index (χ1v) is 5.13. The highest BCUT2D eigenvalue weighted by atomic mass is 16.4. The predicted molar refractivity (Wildman–Crippen MR) is 62.3 cm³/mol. The average Bonchev–Trinajstić information content (AvgIpc) is 2.74. The monoisotopic (exact) mass is 229 g/mol. The number of aliphatic carboxylic acids is 1. The highest BCUT2D eigenvalue weighted by Crippen LogP contribution is 2.23. The lowest BCUT2D eigenvalue weighted by Gasteiger charge is -2.08. The largest absolute Gasteiger partial charge is 0.480 e. The topological polar surface area (TPSA) is 88.9 Å². The fourth-order valence-corrected chi connectivity index (χ4v) is 1.75. The Morgan fingerprint density at radius 2 is 2.29 bits per heavy atom. The van der Waals surface area contributed by atoms with Gasteiger partial charge in [0.1, 0.15) is 6.04 Å². The van der Waals surface area contributed by atoms with Crippen LogP contribution in [0, 0.1) is 11.3 Å². The molecule has 2 rings (SSSR count). The maximum atomic E-state index is 10.5. The molecule has 5 heteroatoms. The Bertz CT molecular complexity index is 583. The molecular formula is C12H11N3O2. The lowest BCUT2D eigenvalue weighted by Crippen LogP contribution is -2.26. The molecule has 0 amide bonds. The molecule has 0 bridgehead atoms. The summed E-state index contributed by atoms with van der Waals surface area (Å²) < 4.78 is 0. The van der Waals surface area contributed by atoms with E-state index in [-0.39, 0.29) is 6.54 Å². The van der Waals surface area contributed by atoms with Crippen LogP contribution in [-0.2, 0) is 4.79 Å². The Labute approximate surface area is 97.7 Å². The van der Waals surface area contributed by atoms with Crippen LogP contribution in [0.4, 0.5) is 0 Å². The molecule has 0 radical (unpaired) electrons. The van der Waals surface area contributed by atoms with Gasteiger partial charge in [0.2, 0.25) is 0 Å². The van der Waals surface area contributed by atoms with E-state index in [9.17, 15) is 4.79 Å². The number of hydrogen-bond donors (Lipinski definition) is 3. The normalized spacial score (nSPS) is 12.2. The average molecular weight is 229 g/mol. The van der Waals surface area contributed by atoms with Crippen molar-refractivity contribution in [2.75, 3.05) is 6.54 Å². The molecule has 2 aromatic rings. The molecule has 1 aromatic carbocycles. The summed E-state index contributed by atoms with van der Waals surface area (Å²) in [6.07, 6.45) is 1.73. The quantitative estimate of drug-likeness (QED) is 0.739. The first-order chi connectivity index (χ1) is 8.22. The molecule has 86 valence electrons. The molecule has 1 aromatic heterocycles. The van der Waals surface area contributed by atoms with Crippen molar-refractivity contribution in [2.24, 2.45) is 0 Å².